The molecule has 0 aliphatic heterocycles. The molecule has 0 fully saturated rings. The Hall–Kier alpha value is -0.810. The van der Waals surface area contributed by atoms with Crippen molar-refractivity contribution in [2.45, 2.75) is 12.8 Å². The Morgan fingerprint density at radius 1 is 1.78 bits per heavy atom. The van der Waals surface area contributed by atoms with Gasteiger partial charge in [-0.1, -0.05) is 6.58 Å². The Balaban J connectivity index is 3.10. The molecule has 0 aromatic rings. The molecule has 0 aromatic heterocycles. The maximum atomic E-state index is 8.24. The lowest BCUT2D eigenvalue weighted by Gasteiger charge is -1.94. The average molecular weight is 125 g/mol. The summed E-state index contributed by atoms with van der Waals surface area (Å²) in [6.07, 6.45) is 1.65. The standard InChI is InChI=1S/C7H11NO/c1-7(6-8)4-3-5-9-2/h1,3-5H2,2H3. The number of methoxy groups -OCH3 is 1. The van der Waals surface area contributed by atoms with Gasteiger partial charge in [-0.05, 0) is 12.8 Å². The van der Waals surface area contributed by atoms with Gasteiger partial charge < -0.3 is 4.74 Å². The molecule has 0 heterocycles. The fourth-order valence-electron chi connectivity index (χ4n) is 0.486. The second kappa shape index (κ2) is 5.33. The number of nitriles is 1. The zero-order valence-electron chi connectivity index (χ0n) is 5.68. The van der Waals surface area contributed by atoms with Crippen LogP contribution < -0.4 is 0 Å². The van der Waals surface area contributed by atoms with Gasteiger partial charge in [0.25, 0.3) is 0 Å². The summed E-state index contributed by atoms with van der Waals surface area (Å²) in [6, 6.07) is 1.97. The van der Waals surface area contributed by atoms with Gasteiger partial charge >= 0.3 is 0 Å². The van der Waals surface area contributed by atoms with Gasteiger partial charge in [0.2, 0.25) is 0 Å². The molecule has 0 unspecified atom stereocenters. The van der Waals surface area contributed by atoms with Gasteiger partial charge in [-0.3, -0.25) is 0 Å². The van der Waals surface area contributed by atoms with Crippen molar-refractivity contribution in [3.63, 3.8) is 0 Å². The summed E-state index contributed by atoms with van der Waals surface area (Å²) in [7, 11) is 1.65. The van der Waals surface area contributed by atoms with Crippen LogP contribution in [-0.4, -0.2) is 13.7 Å². The fraction of sp³-hybridized carbons (Fsp3) is 0.571. The topological polar surface area (TPSA) is 33.0 Å². The van der Waals surface area contributed by atoms with Crippen molar-refractivity contribution in [2.75, 3.05) is 13.7 Å². The van der Waals surface area contributed by atoms with Crippen molar-refractivity contribution in [3.8, 4) is 6.07 Å². The second-order valence-electron chi connectivity index (χ2n) is 1.81. The highest BCUT2D eigenvalue weighted by atomic mass is 16.5. The summed E-state index contributed by atoms with van der Waals surface area (Å²) in [5.41, 5.74) is 0.632. The number of hydrogen-bond donors (Lipinski definition) is 0. The SMILES string of the molecule is C=C(C#N)CCCOC. The Kier molecular flexibility index (Phi) is 4.85. The van der Waals surface area contributed by atoms with Crippen molar-refractivity contribution in [1.82, 2.24) is 0 Å². The van der Waals surface area contributed by atoms with Crippen LogP contribution in [-0.2, 0) is 4.74 Å². The normalized spacial score (nSPS) is 8.44. The van der Waals surface area contributed by atoms with Crippen molar-refractivity contribution >= 4 is 0 Å². The van der Waals surface area contributed by atoms with Crippen LogP contribution in [0.4, 0.5) is 0 Å². The molecule has 0 atom stereocenters. The monoisotopic (exact) mass is 125 g/mol. The molecule has 0 aromatic carbocycles. The van der Waals surface area contributed by atoms with E-state index in [-0.39, 0.29) is 0 Å². The Labute approximate surface area is 55.7 Å². The largest absolute Gasteiger partial charge is 0.385 e. The van der Waals surface area contributed by atoms with Crippen LogP contribution in [0.2, 0.25) is 0 Å². The van der Waals surface area contributed by atoms with Gasteiger partial charge in [0.05, 0.1) is 6.07 Å². The van der Waals surface area contributed by atoms with Gasteiger partial charge in [0.15, 0.2) is 0 Å². The predicted octanol–water partition coefficient (Wildman–Crippen LogP) is 1.49. The molecule has 0 rings (SSSR count). The second-order valence-corrected chi connectivity index (χ2v) is 1.81. The zero-order valence-corrected chi connectivity index (χ0v) is 5.68. The molecule has 0 saturated carbocycles. The van der Waals surface area contributed by atoms with E-state index in [0.29, 0.717) is 12.2 Å². The van der Waals surface area contributed by atoms with Crippen LogP contribution in [0.15, 0.2) is 12.2 Å². The highest BCUT2D eigenvalue weighted by Crippen LogP contribution is 1.99. The molecular weight excluding hydrogens is 114 g/mol. The van der Waals surface area contributed by atoms with Crippen LogP contribution in [0.25, 0.3) is 0 Å². The Morgan fingerprint density at radius 3 is 2.89 bits per heavy atom. The lowest BCUT2D eigenvalue weighted by molar-refractivity contribution is 0.195. The highest BCUT2D eigenvalue weighted by molar-refractivity contribution is 5.14. The molecule has 2 nitrogen and oxygen atoms in total. The van der Waals surface area contributed by atoms with Crippen molar-refractivity contribution in [3.05, 3.63) is 12.2 Å². The molecule has 0 aliphatic carbocycles. The molecule has 9 heavy (non-hydrogen) atoms. The number of ether oxygens (including phenoxy) is 1. The smallest absolute Gasteiger partial charge is 0.0940 e. The minimum Gasteiger partial charge on any atom is -0.385 e. The molecule has 0 spiro atoms. The van der Waals surface area contributed by atoms with Crippen molar-refractivity contribution < 1.29 is 4.74 Å². The van der Waals surface area contributed by atoms with Gasteiger partial charge in [0.1, 0.15) is 0 Å². The average Bonchev–Trinajstić information content (AvgIpc) is 1.89. The fourth-order valence-corrected chi connectivity index (χ4v) is 0.486. The highest BCUT2D eigenvalue weighted by Gasteiger charge is 1.89. The summed E-state index contributed by atoms with van der Waals surface area (Å²) >= 11 is 0. The van der Waals surface area contributed by atoms with Gasteiger partial charge in [-0.25, -0.2) is 0 Å². The third-order valence-corrected chi connectivity index (χ3v) is 0.985. The van der Waals surface area contributed by atoms with Gasteiger partial charge in [-0.2, -0.15) is 5.26 Å². The van der Waals surface area contributed by atoms with Crippen LogP contribution in [0.1, 0.15) is 12.8 Å². The maximum Gasteiger partial charge on any atom is 0.0940 e. The lowest BCUT2D eigenvalue weighted by atomic mass is 10.2. The summed E-state index contributed by atoms with van der Waals surface area (Å²) in [4.78, 5) is 0. The summed E-state index contributed by atoms with van der Waals surface area (Å²) in [5, 5.41) is 8.24. The number of hydrogen-bond acceptors (Lipinski definition) is 2. The Morgan fingerprint density at radius 2 is 2.44 bits per heavy atom. The summed E-state index contributed by atoms with van der Waals surface area (Å²) in [5.74, 6) is 0. The van der Waals surface area contributed by atoms with E-state index in [0.717, 1.165) is 12.8 Å². The first-order valence-corrected chi connectivity index (χ1v) is 2.88. The number of allylic oxidation sites excluding steroid dienone is 1. The lowest BCUT2D eigenvalue weighted by Crippen LogP contribution is -1.88. The van der Waals surface area contributed by atoms with Gasteiger partial charge in [-0.15, -0.1) is 0 Å². The first-order chi connectivity index (χ1) is 4.31. The van der Waals surface area contributed by atoms with Gasteiger partial charge in [0, 0.05) is 19.3 Å². The van der Waals surface area contributed by atoms with E-state index in [1.807, 2.05) is 6.07 Å². The zero-order chi connectivity index (χ0) is 7.11. The van der Waals surface area contributed by atoms with Crippen molar-refractivity contribution in [1.29, 1.82) is 5.26 Å². The summed E-state index contributed by atoms with van der Waals surface area (Å²) < 4.78 is 4.79. The molecule has 0 saturated heterocycles. The molecule has 0 aliphatic rings. The molecule has 0 N–H and O–H groups in total. The van der Waals surface area contributed by atoms with E-state index >= 15 is 0 Å². The third-order valence-electron chi connectivity index (χ3n) is 0.985. The number of rotatable bonds is 4. The first kappa shape index (κ1) is 8.19. The molecule has 0 bridgehead atoms. The first-order valence-electron chi connectivity index (χ1n) is 2.88. The van der Waals surface area contributed by atoms with E-state index in [2.05, 4.69) is 6.58 Å². The van der Waals surface area contributed by atoms with Crippen LogP contribution >= 0.6 is 0 Å². The maximum absolute atomic E-state index is 8.24. The van der Waals surface area contributed by atoms with Crippen molar-refractivity contribution in [2.24, 2.45) is 0 Å². The van der Waals surface area contributed by atoms with E-state index in [1.54, 1.807) is 7.11 Å². The molecular formula is C7H11NO. The predicted molar refractivity (Wildman–Crippen MR) is 35.9 cm³/mol. The minimum absolute atomic E-state index is 0.632. The molecule has 0 radical (unpaired) electrons. The van der Waals surface area contributed by atoms with E-state index in [4.69, 9.17) is 10.00 Å². The van der Waals surface area contributed by atoms with Crippen LogP contribution in [0.5, 0.6) is 0 Å². The molecule has 0 amide bonds. The minimum atomic E-state index is 0.632. The Bertz CT molecular complexity index is 123. The number of nitrogens with zero attached hydrogens (tertiary/aromatic N) is 1. The summed E-state index contributed by atoms with van der Waals surface area (Å²) in [6.45, 7) is 4.24. The molecule has 2 heteroatoms. The van der Waals surface area contributed by atoms with Crippen LogP contribution in [0, 0.1) is 11.3 Å². The van der Waals surface area contributed by atoms with Crippen LogP contribution in [0.3, 0.4) is 0 Å². The van der Waals surface area contributed by atoms with E-state index < -0.39 is 0 Å². The quantitative estimate of drug-likeness (QED) is 0.421. The van der Waals surface area contributed by atoms with E-state index in [9.17, 15) is 0 Å². The third kappa shape index (κ3) is 5.05. The molecule has 50 valence electrons. The van der Waals surface area contributed by atoms with E-state index in [1.165, 1.54) is 0 Å².